The number of benzene rings is 1. The van der Waals surface area contributed by atoms with Gasteiger partial charge in [0.05, 0.1) is 18.0 Å². The second kappa shape index (κ2) is 7.00. The van der Waals surface area contributed by atoms with Crippen LogP contribution in [-0.4, -0.2) is 55.2 Å². The number of nitrogens with zero attached hydrogens (tertiary/aromatic N) is 3. The summed E-state index contributed by atoms with van der Waals surface area (Å²) in [6.45, 7) is 6.82. The zero-order chi connectivity index (χ0) is 17.2. The van der Waals surface area contributed by atoms with E-state index in [9.17, 15) is 4.79 Å². The minimum absolute atomic E-state index is 0.0653. The Kier molecular flexibility index (Phi) is 4.57. The van der Waals surface area contributed by atoms with Crippen molar-refractivity contribution in [1.29, 1.82) is 0 Å². The Labute approximate surface area is 148 Å². The van der Waals surface area contributed by atoms with Crippen molar-refractivity contribution in [3.8, 4) is 0 Å². The number of ether oxygens (including phenoxy) is 1. The summed E-state index contributed by atoms with van der Waals surface area (Å²) < 4.78 is 5.39. The first-order chi connectivity index (χ1) is 12.2. The van der Waals surface area contributed by atoms with Gasteiger partial charge in [0.15, 0.2) is 0 Å². The largest absolute Gasteiger partial charge is 0.381 e. The highest BCUT2D eigenvalue weighted by Gasteiger charge is 2.29. The number of fused-ring (bicyclic) bond motifs is 1. The molecule has 1 aromatic heterocycles. The maximum absolute atomic E-state index is 12.7. The minimum Gasteiger partial charge on any atom is -0.381 e. The van der Waals surface area contributed by atoms with Gasteiger partial charge in [-0.05, 0) is 31.9 Å². The monoisotopic (exact) mass is 339 g/mol. The number of anilines is 1. The number of rotatable bonds is 2. The molecule has 2 aromatic rings. The number of pyridine rings is 1. The molecule has 0 radical (unpaired) electrons. The van der Waals surface area contributed by atoms with Gasteiger partial charge < -0.3 is 14.5 Å². The molecule has 5 heteroatoms. The zero-order valence-electron chi connectivity index (χ0n) is 14.8. The number of carbonyl (C=O) groups excluding carboxylic acids is 1. The molecule has 2 aliphatic heterocycles. The topological polar surface area (TPSA) is 45.7 Å². The maximum Gasteiger partial charge on any atom is 0.228 e. The molecule has 0 saturated carbocycles. The Bertz CT molecular complexity index is 771. The first-order valence-electron chi connectivity index (χ1n) is 9.20. The number of amides is 1. The lowest BCUT2D eigenvalue weighted by Crippen LogP contribution is -2.39. The third-order valence-corrected chi connectivity index (χ3v) is 5.25. The summed E-state index contributed by atoms with van der Waals surface area (Å²) in [5.41, 5.74) is 3.31. The van der Waals surface area contributed by atoms with Crippen LogP contribution in [0.3, 0.4) is 0 Å². The summed E-state index contributed by atoms with van der Waals surface area (Å²) in [4.78, 5) is 21.8. The second-order valence-corrected chi connectivity index (χ2v) is 7.03. The van der Waals surface area contributed by atoms with E-state index < -0.39 is 0 Å². The van der Waals surface area contributed by atoms with Gasteiger partial charge in [0.25, 0.3) is 0 Å². The van der Waals surface area contributed by atoms with Crippen LogP contribution in [0.2, 0.25) is 0 Å². The van der Waals surface area contributed by atoms with Gasteiger partial charge in [0.1, 0.15) is 0 Å². The summed E-state index contributed by atoms with van der Waals surface area (Å²) in [5, 5.41) is 1.19. The summed E-state index contributed by atoms with van der Waals surface area (Å²) in [6.07, 6.45) is 1.86. The molecule has 2 saturated heterocycles. The van der Waals surface area contributed by atoms with Crippen LogP contribution in [-0.2, 0) is 9.53 Å². The molecule has 1 amide bonds. The Morgan fingerprint density at radius 1 is 1.20 bits per heavy atom. The average molecular weight is 339 g/mol. The summed E-state index contributed by atoms with van der Waals surface area (Å²) in [7, 11) is 0. The Morgan fingerprint density at radius 3 is 2.92 bits per heavy atom. The first kappa shape index (κ1) is 16.3. The molecule has 0 N–H and O–H groups in total. The molecule has 0 aliphatic carbocycles. The van der Waals surface area contributed by atoms with Gasteiger partial charge in [-0.2, -0.15) is 0 Å². The standard InChI is InChI=1S/C20H25N3O2/c1-15-13-19(17-5-2-3-6-18(17)21-15)22-8-4-9-23(11-10-22)20(24)16-7-12-25-14-16/h2-3,5-6,13,16H,4,7-12,14H2,1H3. The van der Waals surface area contributed by atoms with E-state index in [1.54, 1.807) is 0 Å². The highest BCUT2D eigenvalue weighted by molar-refractivity contribution is 5.92. The van der Waals surface area contributed by atoms with Crippen molar-refractivity contribution in [1.82, 2.24) is 9.88 Å². The molecule has 4 rings (SSSR count). The molecule has 1 atom stereocenters. The lowest BCUT2D eigenvalue weighted by atomic mass is 10.1. The summed E-state index contributed by atoms with van der Waals surface area (Å²) in [5.74, 6) is 0.339. The normalized spacial score (nSPS) is 21.6. The number of hydrogen-bond donors (Lipinski definition) is 0. The van der Waals surface area contributed by atoms with E-state index in [-0.39, 0.29) is 11.8 Å². The average Bonchev–Trinajstić information content (AvgIpc) is 3.05. The third-order valence-electron chi connectivity index (χ3n) is 5.25. The van der Waals surface area contributed by atoms with Crippen molar-refractivity contribution >= 4 is 22.5 Å². The lowest BCUT2D eigenvalue weighted by Gasteiger charge is -2.26. The molecule has 1 unspecified atom stereocenters. The van der Waals surface area contributed by atoms with Crippen LogP contribution in [0.5, 0.6) is 0 Å². The summed E-state index contributed by atoms with van der Waals surface area (Å²) in [6, 6.07) is 10.5. The SMILES string of the molecule is Cc1cc(N2CCCN(C(=O)C3CCOC3)CC2)c2ccccc2n1. The second-order valence-electron chi connectivity index (χ2n) is 7.03. The minimum atomic E-state index is 0.0653. The molecule has 25 heavy (non-hydrogen) atoms. The van der Waals surface area contributed by atoms with Gasteiger partial charge in [-0.1, -0.05) is 18.2 Å². The van der Waals surface area contributed by atoms with Crippen LogP contribution < -0.4 is 4.90 Å². The fraction of sp³-hybridized carbons (Fsp3) is 0.500. The van der Waals surface area contributed by atoms with Gasteiger partial charge in [0, 0.05) is 49.6 Å². The molecular weight excluding hydrogens is 314 g/mol. The van der Waals surface area contributed by atoms with E-state index in [2.05, 4.69) is 34.1 Å². The summed E-state index contributed by atoms with van der Waals surface area (Å²) >= 11 is 0. The Hall–Kier alpha value is -2.14. The molecular formula is C20H25N3O2. The van der Waals surface area contributed by atoms with Gasteiger partial charge in [-0.3, -0.25) is 9.78 Å². The van der Waals surface area contributed by atoms with Crippen LogP contribution in [0.1, 0.15) is 18.5 Å². The fourth-order valence-electron chi connectivity index (χ4n) is 3.91. The van der Waals surface area contributed by atoms with Crippen molar-refractivity contribution in [2.45, 2.75) is 19.8 Å². The van der Waals surface area contributed by atoms with Gasteiger partial charge in [-0.25, -0.2) is 0 Å². The number of aryl methyl sites for hydroxylation is 1. The van der Waals surface area contributed by atoms with E-state index in [0.29, 0.717) is 6.61 Å². The molecule has 0 spiro atoms. The predicted octanol–water partition coefficient (Wildman–Crippen LogP) is 2.62. The lowest BCUT2D eigenvalue weighted by molar-refractivity contribution is -0.135. The van der Waals surface area contributed by atoms with Crippen molar-refractivity contribution in [3.05, 3.63) is 36.0 Å². The van der Waals surface area contributed by atoms with Crippen molar-refractivity contribution in [2.24, 2.45) is 5.92 Å². The van der Waals surface area contributed by atoms with Crippen LogP contribution in [0.4, 0.5) is 5.69 Å². The Morgan fingerprint density at radius 2 is 2.08 bits per heavy atom. The van der Waals surface area contributed by atoms with Crippen LogP contribution in [0, 0.1) is 12.8 Å². The van der Waals surface area contributed by atoms with E-state index >= 15 is 0 Å². The van der Waals surface area contributed by atoms with Crippen molar-refractivity contribution in [3.63, 3.8) is 0 Å². The van der Waals surface area contributed by atoms with Gasteiger partial charge in [0.2, 0.25) is 5.91 Å². The third kappa shape index (κ3) is 3.33. The number of para-hydroxylation sites is 1. The maximum atomic E-state index is 12.7. The molecule has 0 bridgehead atoms. The number of aromatic nitrogens is 1. The predicted molar refractivity (Wildman–Crippen MR) is 98.8 cm³/mol. The number of carbonyl (C=O) groups is 1. The zero-order valence-corrected chi connectivity index (χ0v) is 14.8. The molecule has 132 valence electrons. The van der Waals surface area contributed by atoms with Crippen molar-refractivity contribution < 1.29 is 9.53 Å². The Balaban J connectivity index is 1.54. The van der Waals surface area contributed by atoms with E-state index in [1.807, 2.05) is 17.9 Å². The highest BCUT2D eigenvalue weighted by Crippen LogP contribution is 2.28. The quantitative estimate of drug-likeness (QED) is 0.844. The number of hydrogen-bond acceptors (Lipinski definition) is 4. The van der Waals surface area contributed by atoms with E-state index in [0.717, 1.165) is 56.8 Å². The fourth-order valence-corrected chi connectivity index (χ4v) is 3.91. The van der Waals surface area contributed by atoms with E-state index in [4.69, 9.17) is 4.74 Å². The molecule has 5 nitrogen and oxygen atoms in total. The smallest absolute Gasteiger partial charge is 0.228 e. The van der Waals surface area contributed by atoms with Crippen LogP contribution in [0.25, 0.3) is 10.9 Å². The molecule has 1 aromatic carbocycles. The first-order valence-corrected chi connectivity index (χ1v) is 9.20. The molecule has 2 fully saturated rings. The van der Waals surface area contributed by atoms with Gasteiger partial charge >= 0.3 is 0 Å². The van der Waals surface area contributed by atoms with Gasteiger partial charge in [-0.15, -0.1) is 0 Å². The molecule has 3 heterocycles. The van der Waals surface area contributed by atoms with Crippen LogP contribution >= 0.6 is 0 Å². The van der Waals surface area contributed by atoms with Crippen molar-refractivity contribution in [2.75, 3.05) is 44.3 Å². The van der Waals surface area contributed by atoms with E-state index in [1.165, 1.54) is 11.1 Å². The highest BCUT2D eigenvalue weighted by atomic mass is 16.5. The molecule has 2 aliphatic rings. The van der Waals surface area contributed by atoms with Crippen LogP contribution in [0.15, 0.2) is 30.3 Å².